The summed E-state index contributed by atoms with van der Waals surface area (Å²) in [5, 5.41) is 78.2. The molecule has 80 heavy (non-hydrogen) atoms. The maximum absolute atomic E-state index is 14.4. The number of nitrogens with one attached hydrogen (secondary N) is 7. The van der Waals surface area contributed by atoms with Crippen molar-refractivity contribution in [1.82, 2.24) is 41.7 Å². The second-order valence-electron chi connectivity index (χ2n) is 19.4. The zero-order valence-electron chi connectivity index (χ0n) is 43.9. The molecule has 0 unspecified atom stereocenters. The van der Waals surface area contributed by atoms with Gasteiger partial charge in [0.1, 0.15) is 18.1 Å². The van der Waals surface area contributed by atoms with Crippen molar-refractivity contribution in [2.45, 2.75) is 56.7 Å². The van der Waals surface area contributed by atoms with Crippen molar-refractivity contribution in [3.8, 4) is 0 Å². The van der Waals surface area contributed by atoms with E-state index in [1.54, 1.807) is 34.1 Å². The summed E-state index contributed by atoms with van der Waals surface area (Å²) in [6.45, 7) is 0.816. The zero-order valence-corrected chi connectivity index (χ0v) is 44.7. The molecular formula is C54H69N9O16S. The number of urea groups is 1. The Kier molecular flexibility index (Phi) is 25.4. The maximum atomic E-state index is 14.4. The van der Waals surface area contributed by atoms with Crippen LogP contribution in [0, 0.1) is 11.8 Å². The molecule has 0 radical (unpaired) electrons. The average Bonchev–Trinajstić information content (AvgIpc) is 3.43. The van der Waals surface area contributed by atoms with Gasteiger partial charge < -0.3 is 67.9 Å². The molecule has 1 aliphatic carbocycles. The fourth-order valence-corrected chi connectivity index (χ4v) is 10.00. The predicted octanol–water partition coefficient (Wildman–Crippen LogP) is 1.18. The minimum atomic E-state index is -1.50. The molecule has 0 aromatic heterocycles. The van der Waals surface area contributed by atoms with Gasteiger partial charge in [0.05, 0.1) is 31.9 Å². The zero-order chi connectivity index (χ0) is 58.1. The van der Waals surface area contributed by atoms with E-state index in [1.807, 2.05) is 48.5 Å². The van der Waals surface area contributed by atoms with Crippen molar-refractivity contribution in [2.24, 2.45) is 11.8 Å². The van der Waals surface area contributed by atoms with Crippen molar-refractivity contribution in [3.63, 3.8) is 0 Å². The van der Waals surface area contributed by atoms with Gasteiger partial charge in [-0.05, 0) is 82.5 Å². The quantitative estimate of drug-likeness (QED) is 0.0227. The number of anilines is 1. The number of aliphatic carboxylic acids is 6. The molecule has 0 heterocycles. The van der Waals surface area contributed by atoms with Gasteiger partial charge in [-0.25, -0.2) is 14.4 Å². The van der Waals surface area contributed by atoms with Crippen LogP contribution in [0.3, 0.4) is 0 Å². The Morgan fingerprint density at radius 1 is 0.575 bits per heavy atom. The number of carboxylic acid groups (broad SMARTS) is 6. The average molecular weight is 1130 g/mol. The molecule has 4 aromatic carbocycles. The number of carboxylic acids is 6. The molecule has 0 bridgehead atoms. The molecule has 25 nitrogen and oxygen atoms in total. The molecule has 26 heteroatoms. The second kappa shape index (κ2) is 32.2. The number of benzene rings is 4. The van der Waals surface area contributed by atoms with Gasteiger partial charge in [-0.2, -0.15) is 0 Å². The number of rotatable bonds is 35. The Bertz CT molecular complexity index is 2760. The van der Waals surface area contributed by atoms with Gasteiger partial charge >= 0.3 is 41.8 Å². The first-order valence-electron chi connectivity index (χ1n) is 25.9. The van der Waals surface area contributed by atoms with Crippen LogP contribution in [0.15, 0.2) is 78.9 Å². The number of nitrogens with zero attached hydrogens (tertiary/aromatic N) is 2. The number of thioether (sulfide) groups is 1. The minimum Gasteiger partial charge on any atom is -0.481 e. The van der Waals surface area contributed by atoms with Crippen LogP contribution in [0.2, 0.25) is 0 Å². The van der Waals surface area contributed by atoms with Gasteiger partial charge in [-0.1, -0.05) is 60.7 Å². The van der Waals surface area contributed by atoms with E-state index in [9.17, 15) is 63.3 Å². The molecule has 0 aliphatic heterocycles. The molecule has 5 rings (SSSR count). The highest BCUT2D eigenvalue weighted by atomic mass is 32.2. The summed E-state index contributed by atoms with van der Waals surface area (Å²) in [6, 6.07) is 18.6. The molecule has 0 saturated heterocycles. The van der Waals surface area contributed by atoms with E-state index in [-0.39, 0.29) is 102 Å². The third-order valence-electron chi connectivity index (χ3n) is 13.3. The van der Waals surface area contributed by atoms with Crippen molar-refractivity contribution in [1.29, 1.82) is 0 Å². The molecular weight excluding hydrogens is 1060 g/mol. The summed E-state index contributed by atoms with van der Waals surface area (Å²) in [4.78, 5) is 126. The first-order valence-corrected chi connectivity index (χ1v) is 27.1. The first kappa shape index (κ1) is 62.9. The van der Waals surface area contributed by atoms with Gasteiger partial charge in [-0.3, -0.25) is 43.4 Å². The van der Waals surface area contributed by atoms with E-state index in [4.69, 9.17) is 15.3 Å². The third kappa shape index (κ3) is 21.7. The number of hydrogen-bond acceptors (Lipinski definition) is 15. The number of carbonyl (C=O) groups excluding carboxylic acids is 4. The summed E-state index contributed by atoms with van der Waals surface area (Å²) < 4.78 is 0. The standard InChI is InChI=1S/C54H69N9O16S/c64-45(29-62(19-17-55-27-46(65)66)21-22-63(30-48(69)70)20-18-56-28-47(67)68)57-26-34-9-13-35(14-10-34)50(73)59-42(25-41-39-7-3-1-5-36(39)24-37-6-2-4-8-40(37)41)51(74)58-38-15-11-33(12-16-38)23-43(52(75)76)60-54(79)61-44(53(77)78)31-80-32-49(71)72/h1-8,11-12,15-16,24,34-35,42-44,55-56H,9-10,13-14,17-23,25-32H2,(H,57,64)(H,58,74)(H,59,73)(H,65,66)(H,67,68)(H,69,70)(H,71,72)(H,75,76)(H,77,78)(H2,60,61,79)/t34?,35?,42-,43-,44-/m0/s1. The lowest BCUT2D eigenvalue weighted by Gasteiger charge is -2.30. The van der Waals surface area contributed by atoms with E-state index in [1.165, 1.54) is 0 Å². The maximum Gasteiger partial charge on any atom is 0.327 e. The molecule has 5 amide bonds. The molecule has 0 spiro atoms. The molecule has 3 atom stereocenters. The molecule has 13 N–H and O–H groups in total. The van der Waals surface area contributed by atoms with E-state index < -0.39 is 77.6 Å². The Balaban J connectivity index is 1.22. The fraction of sp³-hybridized carbons (Fsp3) is 0.444. The van der Waals surface area contributed by atoms with Crippen LogP contribution in [0.1, 0.15) is 36.8 Å². The highest BCUT2D eigenvalue weighted by Crippen LogP contribution is 2.31. The lowest BCUT2D eigenvalue weighted by Crippen LogP contribution is -2.52. The van der Waals surface area contributed by atoms with Crippen molar-refractivity contribution >= 4 is 98.6 Å². The summed E-state index contributed by atoms with van der Waals surface area (Å²) in [7, 11) is 0. The smallest absolute Gasteiger partial charge is 0.327 e. The van der Waals surface area contributed by atoms with Crippen molar-refractivity contribution in [3.05, 3.63) is 90.0 Å². The lowest BCUT2D eigenvalue weighted by atomic mass is 9.81. The summed E-state index contributed by atoms with van der Waals surface area (Å²) >= 11 is 0.763. The van der Waals surface area contributed by atoms with Crippen LogP contribution in [-0.2, 0) is 56.0 Å². The highest BCUT2D eigenvalue weighted by Gasteiger charge is 2.31. The van der Waals surface area contributed by atoms with Crippen LogP contribution in [0.25, 0.3) is 21.5 Å². The normalized spacial score (nSPS) is 15.3. The Morgan fingerprint density at radius 3 is 1.66 bits per heavy atom. The molecule has 4 aromatic rings. The third-order valence-corrected chi connectivity index (χ3v) is 14.3. The SMILES string of the molecule is O=C(O)CNCCN(CCN(CCNCC(=O)O)CC(=O)NCC1CCC(C(=O)N[C@@H](Cc2c3ccccc3cc3ccccc23)C(=O)Nc2ccc(C[C@H](NC(=O)N[C@@H](CSCC(=O)O)C(=O)O)C(=O)O)cc2)CC1)CC(=O)O. The minimum absolute atomic E-state index is 0.0335. The number of amides is 5. The second-order valence-corrected chi connectivity index (χ2v) is 20.4. The van der Waals surface area contributed by atoms with Gasteiger partial charge in [0.15, 0.2) is 0 Å². The van der Waals surface area contributed by atoms with Crippen molar-refractivity contribution in [2.75, 3.05) is 88.8 Å². The molecule has 1 fully saturated rings. The predicted molar refractivity (Wildman–Crippen MR) is 295 cm³/mol. The van der Waals surface area contributed by atoms with Gasteiger partial charge in [0, 0.05) is 76.0 Å². The molecule has 1 aliphatic rings. The number of carbonyl (C=O) groups is 10. The van der Waals surface area contributed by atoms with Crippen LogP contribution in [-0.4, -0.2) is 202 Å². The van der Waals surface area contributed by atoms with E-state index >= 15 is 0 Å². The van der Waals surface area contributed by atoms with E-state index in [0.29, 0.717) is 43.5 Å². The van der Waals surface area contributed by atoms with Gasteiger partial charge in [0.25, 0.3) is 0 Å². The fourth-order valence-electron chi connectivity index (χ4n) is 9.24. The van der Waals surface area contributed by atoms with Gasteiger partial charge in [-0.15, -0.1) is 11.8 Å². The van der Waals surface area contributed by atoms with Crippen molar-refractivity contribution < 1.29 is 78.6 Å². The van der Waals surface area contributed by atoms with E-state index in [0.717, 1.165) is 38.9 Å². The Hall–Kier alpha value is -7.91. The molecule has 432 valence electrons. The first-order chi connectivity index (χ1) is 38.2. The van der Waals surface area contributed by atoms with Crippen LogP contribution >= 0.6 is 11.8 Å². The number of hydrogen-bond donors (Lipinski definition) is 13. The lowest BCUT2D eigenvalue weighted by molar-refractivity contribution is -0.139. The Labute approximate surface area is 464 Å². The largest absolute Gasteiger partial charge is 0.481 e. The monoisotopic (exact) mass is 1130 g/mol. The summed E-state index contributed by atoms with van der Waals surface area (Å²) in [5.41, 5.74) is 1.61. The Morgan fingerprint density at radius 2 is 1.12 bits per heavy atom. The van der Waals surface area contributed by atoms with Crippen LogP contribution in [0.4, 0.5) is 10.5 Å². The summed E-state index contributed by atoms with van der Waals surface area (Å²) in [5.74, 6) is -9.46. The molecule has 1 saturated carbocycles. The highest BCUT2D eigenvalue weighted by molar-refractivity contribution is 8.00. The topological polar surface area (TPSA) is 383 Å². The van der Waals surface area contributed by atoms with Gasteiger partial charge in [0.2, 0.25) is 17.7 Å². The van der Waals surface area contributed by atoms with Crippen LogP contribution < -0.4 is 37.2 Å². The van der Waals surface area contributed by atoms with E-state index in [2.05, 4.69) is 43.3 Å². The van der Waals surface area contributed by atoms with Crippen LogP contribution in [0.5, 0.6) is 0 Å². The summed E-state index contributed by atoms with van der Waals surface area (Å²) in [6.07, 6.45) is 2.02. The number of fused-ring (bicyclic) bond motifs is 2.